The molecule has 1 aromatic carbocycles. The Bertz CT molecular complexity index is 589. The molecule has 0 saturated carbocycles. The van der Waals surface area contributed by atoms with Crippen molar-refractivity contribution in [3.05, 3.63) is 49.6 Å². The molecule has 2 rings (SSSR count). The lowest BCUT2D eigenvalue weighted by molar-refractivity contribution is 0.406. The summed E-state index contributed by atoms with van der Waals surface area (Å²) in [5.41, 5.74) is 3.82. The molecule has 4 heteroatoms. The Kier molecular flexibility index (Phi) is 5.85. The minimum atomic E-state index is 0.320. The van der Waals surface area contributed by atoms with E-state index in [0.717, 1.165) is 18.7 Å². The summed E-state index contributed by atoms with van der Waals surface area (Å²) in [7, 11) is 1.74. The fraction of sp³-hybridized carbons (Fsp3) is 0.412. The monoisotopic (exact) mass is 367 g/mol. The van der Waals surface area contributed by atoms with Crippen LogP contribution in [0.25, 0.3) is 0 Å². The number of thiophene rings is 1. The maximum atomic E-state index is 5.51. The molecule has 1 atom stereocenters. The van der Waals surface area contributed by atoms with Crippen LogP contribution < -0.4 is 10.1 Å². The molecule has 0 saturated heterocycles. The highest BCUT2D eigenvalue weighted by Crippen LogP contribution is 2.34. The Morgan fingerprint density at radius 2 is 2.05 bits per heavy atom. The maximum Gasteiger partial charge on any atom is 0.122 e. The zero-order valence-corrected chi connectivity index (χ0v) is 15.4. The number of benzene rings is 1. The molecule has 0 radical (unpaired) electrons. The number of hydrogen-bond donors (Lipinski definition) is 1. The molecule has 1 unspecified atom stereocenters. The van der Waals surface area contributed by atoms with Gasteiger partial charge in [0.2, 0.25) is 0 Å². The SMILES string of the molecule is CCNC(Cc1cc(C)ccc1OC)c1cc(C)c(Br)s1. The highest BCUT2D eigenvalue weighted by atomic mass is 79.9. The Morgan fingerprint density at radius 1 is 1.29 bits per heavy atom. The van der Waals surface area contributed by atoms with Crippen LogP contribution in [0.1, 0.15) is 34.5 Å². The molecule has 1 heterocycles. The van der Waals surface area contributed by atoms with Crippen molar-refractivity contribution in [3.8, 4) is 5.75 Å². The van der Waals surface area contributed by atoms with Crippen LogP contribution in [0.5, 0.6) is 5.75 Å². The van der Waals surface area contributed by atoms with Crippen molar-refractivity contribution in [3.63, 3.8) is 0 Å². The maximum absolute atomic E-state index is 5.51. The van der Waals surface area contributed by atoms with Gasteiger partial charge in [0, 0.05) is 10.9 Å². The zero-order valence-electron chi connectivity index (χ0n) is 13.0. The predicted octanol–water partition coefficient (Wildman–Crippen LogP) is 5.03. The Hall–Kier alpha value is -0.840. The topological polar surface area (TPSA) is 21.3 Å². The van der Waals surface area contributed by atoms with Crippen LogP contribution in [0.4, 0.5) is 0 Å². The van der Waals surface area contributed by atoms with Crippen LogP contribution in [-0.2, 0) is 6.42 Å². The lowest BCUT2D eigenvalue weighted by Gasteiger charge is -2.18. The molecule has 2 nitrogen and oxygen atoms in total. The molecule has 21 heavy (non-hydrogen) atoms. The lowest BCUT2D eigenvalue weighted by atomic mass is 10.0. The van der Waals surface area contributed by atoms with Gasteiger partial charge in [-0.3, -0.25) is 0 Å². The van der Waals surface area contributed by atoms with Gasteiger partial charge < -0.3 is 10.1 Å². The number of rotatable bonds is 6. The van der Waals surface area contributed by atoms with E-state index >= 15 is 0 Å². The minimum Gasteiger partial charge on any atom is -0.496 e. The van der Waals surface area contributed by atoms with Crippen molar-refractivity contribution in [2.24, 2.45) is 0 Å². The van der Waals surface area contributed by atoms with Crippen LogP contribution in [0.3, 0.4) is 0 Å². The first-order valence-electron chi connectivity index (χ1n) is 7.17. The predicted molar refractivity (Wildman–Crippen MR) is 94.6 cm³/mol. The van der Waals surface area contributed by atoms with E-state index in [1.54, 1.807) is 7.11 Å². The Balaban J connectivity index is 2.29. The molecule has 114 valence electrons. The molecule has 0 bridgehead atoms. The van der Waals surface area contributed by atoms with E-state index in [1.807, 2.05) is 11.3 Å². The van der Waals surface area contributed by atoms with Gasteiger partial charge in [0.05, 0.1) is 10.9 Å². The van der Waals surface area contributed by atoms with E-state index < -0.39 is 0 Å². The summed E-state index contributed by atoms with van der Waals surface area (Å²) in [5.74, 6) is 0.968. The van der Waals surface area contributed by atoms with E-state index in [1.165, 1.54) is 25.4 Å². The van der Waals surface area contributed by atoms with Crippen molar-refractivity contribution in [1.29, 1.82) is 0 Å². The fourth-order valence-electron chi connectivity index (χ4n) is 2.46. The van der Waals surface area contributed by atoms with Crippen molar-refractivity contribution >= 4 is 27.3 Å². The third kappa shape index (κ3) is 4.09. The quantitative estimate of drug-likeness (QED) is 0.772. The summed E-state index contributed by atoms with van der Waals surface area (Å²) in [4.78, 5) is 1.37. The molecule has 0 aliphatic rings. The van der Waals surface area contributed by atoms with Crippen LogP contribution in [0, 0.1) is 13.8 Å². The van der Waals surface area contributed by atoms with E-state index in [-0.39, 0.29) is 0 Å². The molecule has 0 spiro atoms. The van der Waals surface area contributed by atoms with Gasteiger partial charge in [-0.2, -0.15) is 0 Å². The second-order valence-corrected chi connectivity index (χ2v) is 7.64. The first-order chi connectivity index (χ1) is 10.0. The normalized spacial score (nSPS) is 12.4. The number of likely N-dealkylation sites (N-methyl/N-ethyl adjacent to an activating group) is 1. The van der Waals surface area contributed by atoms with Crippen LogP contribution >= 0.6 is 27.3 Å². The number of ether oxygens (including phenoxy) is 1. The van der Waals surface area contributed by atoms with Gasteiger partial charge >= 0.3 is 0 Å². The van der Waals surface area contributed by atoms with E-state index in [4.69, 9.17) is 4.74 Å². The van der Waals surface area contributed by atoms with Crippen molar-refractivity contribution in [1.82, 2.24) is 5.32 Å². The second kappa shape index (κ2) is 7.43. The molecule has 2 aromatic rings. The summed E-state index contributed by atoms with van der Waals surface area (Å²) in [6.45, 7) is 7.36. The summed E-state index contributed by atoms with van der Waals surface area (Å²) in [6.07, 6.45) is 0.936. The number of methoxy groups -OCH3 is 1. The van der Waals surface area contributed by atoms with Gasteiger partial charge in [0.25, 0.3) is 0 Å². The molecule has 0 amide bonds. The zero-order chi connectivity index (χ0) is 15.4. The molecule has 0 aliphatic heterocycles. The van der Waals surface area contributed by atoms with Crippen molar-refractivity contribution in [2.45, 2.75) is 33.2 Å². The lowest BCUT2D eigenvalue weighted by Crippen LogP contribution is -2.22. The number of halogens is 1. The second-order valence-electron chi connectivity index (χ2n) is 5.24. The first kappa shape index (κ1) is 16.5. The molecular formula is C17H22BrNOS. The summed E-state index contributed by atoms with van der Waals surface area (Å²) >= 11 is 5.44. The smallest absolute Gasteiger partial charge is 0.122 e. The molecule has 1 N–H and O–H groups in total. The van der Waals surface area contributed by atoms with E-state index in [9.17, 15) is 0 Å². The minimum absolute atomic E-state index is 0.320. The van der Waals surface area contributed by atoms with Gasteiger partial charge in [-0.1, -0.05) is 24.6 Å². The van der Waals surface area contributed by atoms with Crippen LogP contribution in [0.2, 0.25) is 0 Å². The number of hydrogen-bond acceptors (Lipinski definition) is 3. The highest BCUT2D eigenvalue weighted by Gasteiger charge is 2.17. The third-order valence-corrected chi connectivity index (χ3v) is 5.78. The highest BCUT2D eigenvalue weighted by molar-refractivity contribution is 9.11. The molecular weight excluding hydrogens is 346 g/mol. The molecule has 1 aromatic heterocycles. The first-order valence-corrected chi connectivity index (χ1v) is 8.78. The molecule has 0 fully saturated rings. The van der Waals surface area contributed by atoms with Gasteiger partial charge in [-0.25, -0.2) is 0 Å². The largest absolute Gasteiger partial charge is 0.496 e. The van der Waals surface area contributed by atoms with E-state index in [2.05, 4.69) is 66.3 Å². The van der Waals surface area contributed by atoms with Crippen LogP contribution in [-0.4, -0.2) is 13.7 Å². The Labute approximate surface area is 139 Å². The van der Waals surface area contributed by atoms with Gasteiger partial charge in [0.15, 0.2) is 0 Å². The summed E-state index contributed by atoms with van der Waals surface area (Å²) in [6, 6.07) is 8.96. The standard InChI is InChI=1S/C17H22BrNOS/c1-5-19-14(16-9-12(3)17(18)21-16)10-13-8-11(2)6-7-15(13)20-4/h6-9,14,19H,5,10H2,1-4H3. The van der Waals surface area contributed by atoms with E-state index in [0.29, 0.717) is 6.04 Å². The van der Waals surface area contributed by atoms with Gasteiger partial charge in [-0.05, 0) is 66.0 Å². The molecule has 0 aliphatic carbocycles. The van der Waals surface area contributed by atoms with Gasteiger partial charge in [0.1, 0.15) is 5.75 Å². The van der Waals surface area contributed by atoms with Gasteiger partial charge in [-0.15, -0.1) is 11.3 Å². The summed E-state index contributed by atoms with van der Waals surface area (Å²) < 4.78 is 6.73. The van der Waals surface area contributed by atoms with Crippen molar-refractivity contribution < 1.29 is 4.74 Å². The Morgan fingerprint density at radius 3 is 2.62 bits per heavy atom. The van der Waals surface area contributed by atoms with Crippen molar-refractivity contribution in [2.75, 3.05) is 13.7 Å². The number of aryl methyl sites for hydroxylation is 2. The summed E-state index contributed by atoms with van der Waals surface area (Å²) in [5, 5.41) is 3.59. The van der Waals surface area contributed by atoms with Crippen LogP contribution in [0.15, 0.2) is 28.1 Å². The fourth-order valence-corrected chi connectivity index (χ4v) is 4.11. The average Bonchev–Trinajstić information content (AvgIpc) is 2.78. The third-order valence-electron chi connectivity index (χ3n) is 3.53. The average molecular weight is 368 g/mol. The number of nitrogens with one attached hydrogen (secondary N) is 1.